The zero-order chi connectivity index (χ0) is 11.8. The summed E-state index contributed by atoms with van der Waals surface area (Å²) in [7, 11) is 1.67. The van der Waals surface area contributed by atoms with Crippen molar-refractivity contribution in [2.24, 2.45) is 5.41 Å². The van der Waals surface area contributed by atoms with Crippen molar-refractivity contribution in [3.63, 3.8) is 0 Å². The first-order valence-corrected chi connectivity index (χ1v) is 5.89. The second-order valence-electron chi connectivity index (χ2n) is 4.25. The van der Waals surface area contributed by atoms with Crippen LogP contribution >= 0.6 is 11.5 Å². The lowest BCUT2D eigenvalue weighted by Crippen LogP contribution is -2.39. The second-order valence-corrected chi connectivity index (χ2v) is 4.98. The van der Waals surface area contributed by atoms with Gasteiger partial charge in [0.05, 0.1) is 5.41 Å². The summed E-state index contributed by atoms with van der Waals surface area (Å²) in [6, 6.07) is 0. The van der Waals surface area contributed by atoms with Crippen molar-refractivity contribution in [2.45, 2.75) is 13.3 Å². The molecule has 0 saturated carbocycles. The van der Waals surface area contributed by atoms with E-state index in [9.17, 15) is 4.79 Å². The minimum absolute atomic E-state index is 0.0764. The van der Waals surface area contributed by atoms with Crippen molar-refractivity contribution >= 4 is 28.5 Å². The molecule has 0 aliphatic carbocycles. The molecule has 1 aromatic heterocycles. The Morgan fingerprint density at radius 3 is 3.00 bits per heavy atom. The molecule has 0 spiro atoms. The molecular weight excluding hydrogens is 226 g/mol. The van der Waals surface area contributed by atoms with Crippen LogP contribution in [0.25, 0.3) is 0 Å². The van der Waals surface area contributed by atoms with E-state index in [0.717, 1.165) is 18.1 Å². The Bertz CT molecular complexity index is 406. The van der Waals surface area contributed by atoms with Crippen LogP contribution in [0, 0.1) is 5.41 Å². The Kier molecular flexibility index (Phi) is 2.71. The van der Waals surface area contributed by atoms with Crippen LogP contribution in [-0.2, 0) is 4.79 Å². The molecular formula is C9H15N5OS. The number of hydrogen-bond donors (Lipinski definition) is 2. The first kappa shape index (κ1) is 11.1. The number of nitrogens with one attached hydrogen (secondary N) is 1. The summed E-state index contributed by atoms with van der Waals surface area (Å²) in [6.45, 7) is 3.45. The van der Waals surface area contributed by atoms with Crippen molar-refractivity contribution in [1.82, 2.24) is 14.7 Å². The summed E-state index contributed by atoms with van der Waals surface area (Å²) in [5.41, 5.74) is 5.14. The fourth-order valence-electron chi connectivity index (χ4n) is 1.97. The Morgan fingerprint density at radius 1 is 1.69 bits per heavy atom. The summed E-state index contributed by atoms with van der Waals surface area (Å²) in [5.74, 6) is 0.376. The average molecular weight is 241 g/mol. The lowest BCUT2D eigenvalue weighted by atomic mass is 9.89. The maximum Gasteiger partial charge on any atom is 0.233 e. The van der Waals surface area contributed by atoms with Gasteiger partial charge in [-0.2, -0.15) is 9.36 Å². The number of aromatic nitrogens is 2. The molecule has 88 valence electrons. The molecule has 16 heavy (non-hydrogen) atoms. The number of carbonyl (C=O) groups is 1. The number of carbonyl (C=O) groups excluding carboxylic acids is 1. The van der Waals surface area contributed by atoms with E-state index in [-0.39, 0.29) is 11.3 Å². The van der Waals surface area contributed by atoms with Gasteiger partial charge >= 0.3 is 0 Å². The maximum absolute atomic E-state index is 11.7. The van der Waals surface area contributed by atoms with Crippen molar-refractivity contribution in [1.29, 1.82) is 0 Å². The molecule has 2 rings (SSSR count). The van der Waals surface area contributed by atoms with Gasteiger partial charge in [0.2, 0.25) is 17.0 Å². The number of nitrogens with zero attached hydrogens (tertiary/aromatic N) is 3. The Morgan fingerprint density at radius 2 is 2.44 bits per heavy atom. The molecule has 1 atom stereocenters. The molecule has 0 aromatic carbocycles. The summed E-state index contributed by atoms with van der Waals surface area (Å²) >= 11 is 1.27. The molecule has 1 saturated heterocycles. The van der Waals surface area contributed by atoms with Gasteiger partial charge < -0.3 is 16.0 Å². The topological polar surface area (TPSA) is 84.1 Å². The van der Waals surface area contributed by atoms with Crippen LogP contribution in [0.2, 0.25) is 0 Å². The van der Waals surface area contributed by atoms with Gasteiger partial charge in [0, 0.05) is 31.7 Å². The van der Waals surface area contributed by atoms with Crippen LogP contribution in [0.4, 0.5) is 11.1 Å². The van der Waals surface area contributed by atoms with Gasteiger partial charge in [-0.05, 0) is 13.3 Å². The first-order chi connectivity index (χ1) is 7.55. The number of rotatable bonds is 2. The molecule has 2 heterocycles. The molecule has 1 aromatic rings. The zero-order valence-electron chi connectivity index (χ0n) is 9.36. The quantitative estimate of drug-likeness (QED) is 0.766. The fraction of sp³-hybridized carbons (Fsp3) is 0.667. The summed E-state index contributed by atoms with van der Waals surface area (Å²) in [5, 5.41) is 3.50. The first-order valence-electron chi connectivity index (χ1n) is 5.11. The van der Waals surface area contributed by atoms with Crippen LogP contribution in [0.3, 0.4) is 0 Å². The predicted molar refractivity (Wildman–Crippen MR) is 63.3 cm³/mol. The van der Waals surface area contributed by atoms with E-state index >= 15 is 0 Å². The Labute approximate surface area is 98.0 Å². The van der Waals surface area contributed by atoms with Crippen molar-refractivity contribution in [2.75, 3.05) is 30.8 Å². The molecule has 1 fully saturated rings. The molecule has 1 amide bonds. The number of anilines is 2. The highest BCUT2D eigenvalue weighted by atomic mass is 32.1. The number of nitrogen functional groups attached to an aromatic ring is 1. The van der Waals surface area contributed by atoms with E-state index in [1.807, 2.05) is 6.92 Å². The average Bonchev–Trinajstić information content (AvgIpc) is 2.84. The number of hydrogen-bond acceptors (Lipinski definition) is 6. The van der Waals surface area contributed by atoms with Crippen LogP contribution in [0.5, 0.6) is 0 Å². The van der Waals surface area contributed by atoms with E-state index in [4.69, 9.17) is 5.73 Å². The van der Waals surface area contributed by atoms with E-state index < -0.39 is 0 Å². The lowest BCUT2D eigenvalue weighted by molar-refractivity contribution is -0.128. The van der Waals surface area contributed by atoms with E-state index in [0.29, 0.717) is 12.5 Å². The van der Waals surface area contributed by atoms with Gasteiger partial charge in [0.25, 0.3) is 0 Å². The largest absolute Gasteiger partial charge is 0.367 e. The third kappa shape index (κ3) is 1.82. The van der Waals surface area contributed by atoms with Crippen LogP contribution in [0.1, 0.15) is 13.3 Å². The Hall–Kier alpha value is -1.37. The summed E-state index contributed by atoms with van der Waals surface area (Å²) in [6.07, 6.45) is 0.826. The number of nitrogens with two attached hydrogens (primary N) is 1. The molecule has 0 radical (unpaired) electrons. The second kappa shape index (κ2) is 3.89. The highest BCUT2D eigenvalue weighted by Gasteiger charge is 2.40. The molecule has 3 N–H and O–H groups in total. The predicted octanol–water partition coefficient (Wildman–Crippen LogP) is 0.0827. The highest BCUT2D eigenvalue weighted by Crippen LogP contribution is 2.34. The van der Waals surface area contributed by atoms with E-state index in [1.165, 1.54) is 11.5 Å². The summed E-state index contributed by atoms with van der Waals surface area (Å²) < 4.78 is 3.94. The zero-order valence-corrected chi connectivity index (χ0v) is 10.2. The monoisotopic (exact) mass is 241 g/mol. The minimum atomic E-state index is -0.338. The minimum Gasteiger partial charge on any atom is -0.367 e. The molecule has 1 aliphatic heterocycles. The van der Waals surface area contributed by atoms with Gasteiger partial charge in [-0.1, -0.05) is 0 Å². The van der Waals surface area contributed by atoms with Crippen molar-refractivity contribution in [3.05, 3.63) is 0 Å². The lowest BCUT2D eigenvalue weighted by Gasteiger charge is -2.21. The van der Waals surface area contributed by atoms with Crippen molar-refractivity contribution in [3.8, 4) is 0 Å². The summed E-state index contributed by atoms with van der Waals surface area (Å²) in [4.78, 5) is 17.9. The van der Waals surface area contributed by atoms with Gasteiger partial charge in [0.1, 0.15) is 0 Å². The standard InChI is InChI=1S/C9H15N5OS/c1-9(6(15)11-2)3-4-14(5-9)8-12-7(10)13-16-8/h3-5H2,1-2H3,(H2,10,13)(H,11,15). The van der Waals surface area contributed by atoms with Gasteiger partial charge in [0.15, 0.2) is 0 Å². The van der Waals surface area contributed by atoms with Crippen LogP contribution < -0.4 is 16.0 Å². The van der Waals surface area contributed by atoms with E-state index in [2.05, 4.69) is 19.6 Å². The van der Waals surface area contributed by atoms with Gasteiger partial charge in [-0.15, -0.1) is 0 Å². The Balaban J connectivity index is 2.11. The SMILES string of the molecule is CNC(=O)C1(C)CCN(c2nc(N)ns2)C1. The van der Waals surface area contributed by atoms with E-state index in [1.54, 1.807) is 7.05 Å². The molecule has 7 heteroatoms. The fourth-order valence-corrected chi connectivity index (χ4v) is 2.59. The smallest absolute Gasteiger partial charge is 0.233 e. The molecule has 6 nitrogen and oxygen atoms in total. The molecule has 1 unspecified atom stereocenters. The van der Waals surface area contributed by atoms with Crippen LogP contribution in [0.15, 0.2) is 0 Å². The highest BCUT2D eigenvalue weighted by molar-refractivity contribution is 7.09. The normalized spacial score (nSPS) is 24.8. The van der Waals surface area contributed by atoms with Gasteiger partial charge in [-0.25, -0.2) is 0 Å². The van der Waals surface area contributed by atoms with Gasteiger partial charge in [-0.3, -0.25) is 4.79 Å². The third-order valence-corrected chi connectivity index (χ3v) is 3.74. The van der Waals surface area contributed by atoms with Crippen LogP contribution in [-0.4, -0.2) is 35.4 Å². The molecule has 0 bridgehead atoms. The molecule has 1 aliphatic rings. The van der Waals surface area contributed by atoms with Crippen molar-refractivity contribution < 1.29 is 4.79 Å². The third-order valence-electron chi connectivity index (χ3n) is 2.95. The maximum atomic E-state index is 11.7. The number of amides is 1.